The van der Waals surface area contributed by atoms with Crippen LogP contribution in [0.1, 0.15) is 24.2 Å². The second kappa shape index (κ2) is 6.46. The Morgan fingerprint density at radius 3 is 2.52 bits per heavy atom. The van der Waals surface area contributed by atoms with Gasteiger partial charge in [0.15, 0.2) is 0 Å². The Balaban J connectivity index is 3.27. The lowest BCUT2D eigenvalue weighted by molar-refractivity contribution is 0.0693. The molecule has 0 aliphatic heterocycles. The molecule has 0 fully saturated rings. The molecule has 0 unspecified atom stereocenters. The summed E-state index contributed by atoms with van der Waals surface area (Å²) < 4.78 is 31.9. The molecule has 0 aliphatic carbocycles. The van der Waals surface area contributed by atoms with Gasteiger partial charge in [-0.3, -0.25) is 0 Å². The van der Waals surface area contributed by atoms with Crippen molar-refractivity contribution in [1.29, 1.82) is 0 Å². The van der Waals surface area contributed by atoms with Crippen molar-refractivity contribution in [2.45, 2.75) is 24.3 Å². The van der Waals surface area contributed by atoms with E-state index >= 15 is 0 Å². The highest BCUT2D eigenvalue weighted by molar-refractivity contribution is 7.89. The van der Waals surface area contributed by atoms with E-state index < -0.39 is 21.5 Å². The van der Waals surface area contributed by atoms with E-state index in [-0.39, 0.29) is 16.2 Å². The van der Waals surface area contributed by atoms with Gasteiger partial charge in [-0.2, -0.15) is 0 Å². The van der Waals surface area contributed by atoms with E-state index in [9.17, 15) is 13.2 Å². The number of aromatic carboxylic acids is 1. The Labute approximate surface area is 128 Å². The Bertz CT molecular complexity index is 667. The number of sulfonamides is 1. The largest absolute Gasteiger partial charge is 0.496 e. The summed E-state index contributed by atoms with van der Waals surface area (Å²) in [6.45, 7) is 3.23. The van der Waals surface area contributed by atoms with E-state index in [1.54, 1.807) is 13.8 Å². The zero-order chi connectivity index (χ0) is 16.3. The highest BCUT2D eigenvalue weighted by Crippen LogP contribution is 2.23. The third-order valence-corrected chi connectivity index (χ3v) is 4.38. The van der Waals surface area contributed by atoms with Crippen molar-refractivity contribution >= 4 is 27.6 Å². The highest BCUT2D eigenvalue weighted by Gasteiger charge is 2.25. The summed E-state index contributed by atoms with van der Waals surface area (Å²) in [5.41, 5.74) is 0.0643. The van der Waals surface area contributed by atoms with Gasteiger partial charge in [-0.05, 0) is 32.0 Å². The van der Waals surface area contributed by atoms with Gasteiger partial charge in [0.1, 0.15) is 11.3 Å². The Morgan fingerprint density at radius 1 is 1.43 bits per heavy atom. The maximum Gasteiger partial charge on any atom is 0.339 e. The van der Waals surface area contributed by atoms with Crippen LogP contribution < -0.4 is 9.46 Å². The quantitative estimate of drug-likeness (QED) is 0.832. The molecule has 0 radical (unpaired) electrons. The molecular formula is C13H16ClNO5S. The standard InChI is InChI=1S/C13H16ClNO5S/c1-13(2,6-7-14)15-21(18,19)9-4-5-11(20-3)10(8-9)12(16)17/h4-8,15H,1-3H3,(H,16,17)/b7-6+. The number of hydrogen-bond acceptors (Lipinski definition) is 4. The van der Waals surface area contributed by atoms with Crippen molar-refractivity contribution in [3.8, 4) is 5.75 Å². The van der Waals surface area contributed by atoms with Gasteiger partial charge in [-0.1, -0.05) is 17.7 Å². The molecule has 116 valence electrons. The first-order valence-corrected chi connectivity index (χ1v) is 7.78. The minimum atomic E-state index is -3.90. The fourth-order valence-corrected chi connectivity index (χ4v) is 3.33. The number of hydrogen-bond donors (Lipinski definition) is 2. The predicted molar refractivity (Wildman–Crippen MR) is 79.3 cm³/mol. The predicted octanol–water partition coefficient (Wildman–Crippen LogP) is 2.20. The van der Waals surface area contributed by atoms with Crippen LogP contribution in [-0.4, -0.2) is 32.1 Å². The van der Waals surface area contributed by atoms with E-state index in [0.717, 1.165) is 6.07 Å². The number of rotatable bonds is 6. The Kier molecular flexibility index (Phi) is 5.38. The smallest absolute Gasteiger partial charge is 0.339 e. The van der Waals surface area contributed by atoms with Crippen molar-refractivity contribution in [3.63, 3.8) is 0 Å². The maximum atomic E-state index is 12.3. The molecule has 0 aliphatic rings. The van der Waals surface area contributed by atoms with Crippen molar-refractivity contribution in [2.75, 3.05) is 7.11 Å². The third-order valence-electron chi connectivity index (χ3n) is 2.59. The number of nitrogens with one attached hydrogen (secondary N) is 1. The molecule has 0 heterocycles. The molecule has 1 aromatic carbocycles. The van der Waals surface area contributed by atoms with Crippen LogP contribution in [0.2, 0.25) is 0 Å². The van der Waals surface area contributed by atoms with Crippen molar-refractivity contribution in [1.82, 2.24) is 4.72 Å². The van der Waals surface area contributed by atoms with Gasteiger partial charge in [-0.15, -0.1) is 0 Å². The van der Waals surface area contributed by atoms with E-state index in [2.05, 4.69) is 4.72 Å². The van der Waals surface area contributed by atoms with Crippen LogP contribution in [0.15, 0.2) is 34.7 Å². The van der Waals surface area contributed by atoms with Crippen LogP contribution in [0.5, 0.6) is 5.75 Å². The average molecular weight is 334 g/mol. The van der Waals surface area contributed by atoms with E-state index in [0.29, 0.717) is 0 Å². The Hall–Kier alpha value is -1.57. The first-order valence-electron chi connectivity index (χ1n) is 5.86. The van der Waals surface area contributed by atoms with Gasteiger partial charge >= 0.3 is 5.97 Å². The molecule has 2 N–H and O–H groups in total. The summed E-state index contributed by atoms with van der Waals surface area (Å²) in [4.78, 5) is 11.0. The van der Waals surface area contributed by atoms with Crippen LogP contribution in [0.3, 0.4) is 0 Å². The average Bonchev–Trinajstić information content (AvgIpc) is 2.36. The fourth-order valence-electron chi connectivity index (χ4n) is 1.62. The van der Waals surface area contributed by atoms with Crippen LogP contribution in [0.4, 0.5) is 0 Å². The molecule has 0 saturated carbocycles. The number of methoxy groups -OCH3 is 1. The summed E-state index contributed by atoms with van der Waals surface area (Å²) in [6.07, 6.45) is 1.47. The zero-order valence-corrected chi connectivity index (χ0v) is 13.3. The summed E-state index contributed by atoms with van der Waals surface area (Å²) >= 11 is 5.46. The van der Waals surface area contributed by atoms with Crippen LogP contribution in [-0.2, 0) is 10.0 Å². The van der Waals surface area contributed by atoms with Gasteiger partial charge in [0.25, 0.3) is 0 Å². The van der Waals surface area contributed by atoms with Crippen LogP contribution >= 0.6 is 11.6 Å². The van der Waals surface area contributed by atoms with Gasteiger partial charge in [0, 0.05) is 11.1 Å². The third kappa shape index (κ3) is 4.45. The minimum Gasteiger partial charge on any atom is -0.496 e. The van der Waals surface area contributed by atoms with Gasteiger partial charge in [0.2, 0.25) is 10.0 Å². The molecule has 0 spiro atoms. The van der Waals surface area contributed by atoms with Crippen LogP contribution in [0.25, 0.3) is 0 Å². The summed E-state index contributed by atoms with van der Waals surface area (Å²) in [5, 5.41) is 9.08. The number of benzene rings is 1. The molecule has 8 heteroatoms. The fraction of sp³-hybridized carbons (Fsp3) is 0.308. The van der Waals surface area contributed by atoms with Crippen molar-refractivity contribution in [3.05, 3.63) is 35.4 Å². The SMILES string of the molecule is COc1ccc(S(=O)(=O)NC(C)(C)/C=C/Cl)cc1C(=O)O. The second-order valence-corrected chi connectivity index (χ2v) is 6.72. The zero-order valence-electron chi connectivity index (χ0n) is 11.8. The number of carboxylic acids is 1. The highest BCUT2D eigenvalue weighted by atomic mass is 35.5. The lowest BCUT2D eigenvalue weighted by Crippen LogP contribution is -2.41. The summed E-state index contributed by atoms with van der Waals surface area (Å²) in [6, 6.07) is 3.61. The summed E-state index contributed by atoms with van der Waals surface area (Å²) in [5.74, 6) is -1.19. The molecule has 1 aromatic rings. The van der Waals surface area contributed by atoms with Gasteiger partial charge in [-0.25, -0.2) is 17.9 Å². The molecule has 0 bridgehead atoms. The van der Waals surface area contributed by atoms with E-state index in [1.807, 2.05) is 0 Å². The van der Waals surface area contributed by atoms with E-state index in [1.165, 1.54) is 30.9 Å². The second-order valence-electron chi connectivity index (χ2n) is 4.79. The molecule has 21 heavy (non-hydrogen) atoms. The first-order chi connectivity index (χ1) is 9.63. The normalized spacial score (nSPS) is 12.6. The molecule has 1 rings (SSSR count). The monoisotopic (exact) mass is 333 g/mol. The van der Waals surface area contributed by atoms with Gasteiger partial charge in [0.05, 0.1) is 12.0 Å². The lowest BCUT2D eigenvalue weighted by atomic mass is 10.1. The molecule has 0 aromatic heterocycles. The topological polar surface area (TPSA) is 92.7 Å². The van der Waals surface area contributed by atoms with Crippen molar-refractivity contribution in [2.24, 2.45) is 0 Å². The summed E-state index contributed by atoms with van der Waals surface area (Å²) in [7, 11) is -2.59. The first kappa shape index (κ1) is 17.5. The molecule has 6 nitrogen and oxygen atoms in total. The molecule has 0 amide bonds. The molecule has 0 atom stereocenters. The van der Waals surface area contributed by atoms with Crippen LogP contribution in [0, 0.1) is 0 Å². The number of carboxylic acid groups (broad SMARTS) is 1. The minimum absolute atomic E-state index is 0.0846. The Morgan fingerprint density at radius 2 is 2.05 bits per heavy atom. The van der Waals surface area contributed by atoms with Crippen molar-refractivity contribution < 1.29 is 23.1 Å². The molecular weight excluding hydrogens is 318 g/mol. The van der Waals surface area contributed by atoms with Gasteiger partial charge < -0.3 is 9.84 Å². The van der Waals surface area contributed by atoms with E-state index in [4.69, 9.17) is 21.4 Å². The number of ether oxygens (including phenoxy) is 1. The number of carbonyl (C=O) groups is 1. The maximum absolute atomic E-state index is 12.3. The lowest BCUT2D eigenvalue weighted by Gasteiger charge is -2.22. The molecule has 0 saturated heterocycles. The number of halogens is 1.